The zero-order valence-electron chi connectivity index (χ0n) is 11.0. The van der Waals surface area contributed by atoms with Gasteiger partial charge in [-0.1, -0.05) is 12.2 Å². The molecule has 0 saturated heterocycles. The number of aromatic hydroxyl groups is 1. The molecule has 1 aromatic carbocycles. The number of hydrogen-bond donors (Lipinski definition) is 2. The number of carboxylic acid groups (broad SMARTS) is 1. The molecule has 0 unspecified atom stereocenters. The van der Waals surface area contributed by atoms with E-state index in [1.54, 1.807) is 24.3 Å². The largest absolute Gasteiger partial charge is 0.502 e. The van der Waals surface area contributed by atoms with Gasteiger partial charge in [-0.25, -0.2) is 4.79 Å². The zero-order valence-corrected chi connectivity index (χ0v) is 11.0. The summed E-state index contributed by atoms with van der Waals surface area (Å²) in [7, 11) is 2.81. The minimum Gasteiger partial charge on any atom is -0.502 e. The standard InChI is InChI=1S/C14H13NO5/c1-19-11-6-9(7-12(20-2)13(11)16)4-3-5-10(8-15)14(17)18/h3-7,16H,1-2H3,(H,17,18). The quantitative estimate of drug-likeness (QED) is 0.484. The molecule has 104 valence electrons. The fraction of sp³-hybridized carbons (Fsp3) is 0.143. The third-order valence-corrected chi connectivity index (χ3v) is 2.40. The van der Waals surface area contributed by atoms with Crippen LogP contribution in [0.1, 0.15) is 5.56 Å². The lowest BCUT2D eigenvalue weighted by molar-refractivity contribution is -0.132. The Bertz CT molecular complexity index is 585. The number of nitriles is 1. The Morgan fingerprint density at radius 3 is 2.25 bits per heavy atom. The maximum Gasteiger partial charge on any atom is 0.346 e. The summed E-state index contributed by atoms with van der Waals surface area (Å²) in [5, 5.41) is 27.0. The second-order valence-corrected chi connectivity index (χ2v) is 3.63. The monoisotopic (exact) mass is 275 g/mol. The van der Waals surface area contributed by atoms with E-state index in [9.17, 15) is 9.90 Å². The van der Waals surface area contributed by atoms with Crippen molar-refractivity contribution in [2.75, 3.05) is 14.2 Å². The lowest BCUT2D eigenvalue weighted by Gasteiger charge is -2.09. The Kier molecular flexibility index (Phi) is 5.18. The molecule has 0 fully saturated rings. The summed E-state index contributed by atoms with van der Waals surface area (Å²) in [6.45, 7) is 0. The van der Waals surface area contributed by atoms with E-state index >= 15 is 0 Å². The molecule has 2 N–H and O–H groups in total. The van der Waals surface area contributed by atoms with Crippen LogP contribution in [-0.2, 0) is 4.79 Å². The topological polar surface area (TPSA) is 99.8 Å². The SMILES string of the molecule is COc1cc(C=CC=C(C#N)C(=O)O)cc(OC)c1O. The first-order valence-corrected chi connectivity index (χ1v) is 5.50. The van der Waals surface area contributed by atoms with Gasteiger partial charge >= 0.3 is 5.97 Å². The number of phenolic OH excluding ortho intramolecular Hbond substituents is 1. The van der Waals surface area contributed by atoms with Crippen molar-refractivity contribution in [2.45, 2.75) is 0 Å². The van der Waals surface area contributed by atoms with Gasteiger partial charge in [-0.05, 0) is 23.8 Å². The van der Waals surface area contributed by atoms with Crippen molar-refractivity contribution in [1.29, 1.82) is 5.26 Å². The predicted molar refractivity (Wildman–Crippen MR) is 71.6 cm³/mol. The van der Waals surface area contributed by atoms with Crippen molar-refractivity contribution in [1.82, 2.24) is 0 Å². The Labute approximate surface area is 115 Å². The lowest BCUT2D eigenvalue weighted by atomic mass is 10.1. The molecule has 0 radical (unpaired) electrons. The highest BCUT2D eigenvalue weighted by molar-refractivity contribution is 5.91. The molecule has 20 heavy (non-hydrogen) atoms. The van der Waals surface area contributed by atoms with Gasteiger partial charge in [-0.3, -0.25) is 0 Å². The average molecular weight is 275 g/mol. The normalized spacial score (nSPS) is 11.2. The Hall–Kier alpha value is -2.94. The summed E-state index contributed by atoms with van der Waals surface area (Å²) in [6.07, 6.45) is 4.15. The van der Waals surface area contributed by atoms with Crippen LogP contribution in [0.5, 0.6) is 17.2 Å². The van der Waals surface area contributed by atoms with Crippen LogP contribution in [-0.4, -0.2) is 30.4 Å². The fourth-order valence-corrected chi connectivity index (χ4v) is 1.42. The number of carbonyl (C=O) groups is 1. The number of benzene rings is 1. The Morgan fingerprint density at radius 1 is 1.30 bits per heavy atom. The van der Waals surface area contributed by atoms with Crippen molar-refractivity contribution in [3.05, 3.63) is 35.4 Å². The summed E-state index contributed by atoms with van der Waals surface area (Å²) < 4.78 is 9.98. The van der Waals surface area contributed by atoms with Gasteiger partial charge in [-0.15, -0.1) is 0 Å². The Morgan fingerprint density at radius 2 is 1.85 bits per heavy atom. The molecule has 0 aromatic heterocycles. The van der Waals surface area contributed by atoms with Crippen LogP contribution in [0.2, 0.25) is 0 Å². The van der Waals surface area contributed by atoms with E-state index in [2.05, 4.69) is 0 Å². The molecular formula is C14H13NO5. The smallest absolute Gasteiger partial charge is 0.346 e. The van der Waals surface area contributed by atoms with Crippen LogP contribution in [0.25, 0.3) is 6.08 Å². The van der Waals surface area contributed by atoms with Gasteiger partial charge in [0.05, 0.1) is 14.2 Å². The number of phenols is 1. The molecule has 0 heterocycles. The van der Waals surface area contributed by atoms with E-state index in [0.717, 1.165) is 0 Å². The molecule has 0 amide bonds. The highest BCUT2D eigenvalue weighted by atomic mass is 16.5. The highest BCUT2D eigenvalue weighted by Gasteiger charge is 2.09. The van der Waals surface area contributed by atoms with E-state index in [-0.39, 0.29) is 22.8 Å². The van der Waals surface area contributed by atoms with Gasteiger partial charge < -0.3 is 19.7 Å². The van der Waals surface area contributed by atoms with E-state index < -0.39 is 5.97 Å². The van der Waals surface area contributed by atoms with Crippen molar-refractivity contribution >= 4 is 12.0 Å². The first kappa shape index (κ1) is 15.1. The molecule has 0 atom stereocenters. The van der Waals surface area contributed by atoms with Gasteiger partial charge in [-0.2, -0.15) is 5.26 Å². The van der Waals surface area contributed by atoms with Crippen LogP contribution in [0, 0.1) is 11.3 Å². The summed E-state index contributed by atoms with van der Waals surface area (Å²) in [6, 6.07) is 4.66. The number of hydrogen-bond acceptors (Lipinski definition) is 5. The minimum atomic E-state index is -1.29. The molecule has 1 rings (SSSR count). The molecule has 6 heteroatoms. The summed E-state index contributed by atoms with van der Waals surface area (Å²) in [4.78, 5) is 10.6. The number of ether oxygens (including phenoxy) is 2. The zero-order chi connectivity index (χ0) is 15.1. The van der Waals surface area contributed by atoms with E-state index in [1.165, 1.54) is 26.4 Å². The van der Waals surface area contributed by atoms with Gasteiger partial charge in [0.2, 0.25) is 5.75 Å². The highest BCUT2D eigenvalue weighted by Crippen LogP contribution is 2.37. The third-order valence-electron chi connectivity index (χ3n) is 2.40. The molecule has 1 aromatic rings. The lowest BCUT2D eigenvalue weighted by Crippen LogP contribution is -1.96. The van der Waals surface area contributed by atoms with Crippen LogP contribution in [0.15, 0.2) is 29.9 Å². The molecule has 0 saturated carbocycles. The second-order valence-electron chi connectivity index (χ2n) is 3.63. The maximum atomic E-state index is 10.6. The molecule has 0 aliphatic heterocycles. The van der Waals surface area contributed by atoms with Crippen molar-refractivity contribution in [3.63, 3.8) is 0 Å². The van der Waals surface area contributed by atoms with Crippen molar-refractivity contribution in [3.8, 4) is 23.3 Å². The molecule has 0 aliphatic carbocycles. The molecule has 0 spiro atoms. The first-order chi connectivity index (χ1) is 9.53. The summed E-state index contributed by atoms with van der Waals surface area (Å²) in [5.74, 6) is -0.956. The number of rotatable bonds is 5. The van der Waals surface area contributed by atoms with Gasteiger partial charge in [0.1, 0.15) is 11.6 Å². The molecule has 0 aliphatic rings. The summed E-state index contributed by atoms with van der Waals surface area (Å²) >= 11 is 0. The van der Waals surface area contributed by atoms with Crippen molar-refractivity contribution < 1.29 is 24.5 Å². The van der Waals surface area contributed by atoms with E-state index in [4.69, 9.17) is 19.8 Å². The molecular weight excluding hydrogens is 262 g/mol. The fourth-order valence-electron chi connectivity index (χ4n) is 1.42. The summed E-state index contributed by atoms with van der Waals surface area (Å²) in [5.41, 5.74) is 0.245. The number of nitrogens with zero attached hydrogens (tertiary/aromatic N) is 1. The number of methoxy groups -OCH3 is 2. The van der Waals surface area contributed by atoms with Crippen LogP contribution in [0.4, 0.5) is 0 Å². The van der Waals surface area contributed by atoms with Gasteiger partial charge in [0.15, 0.2) is 11.5 Å². The average Bonchev–Trinajstić information content (AvgIpc) is 2.44. The minimum absolute atomic E-state index is 0.119. The molecule has 6 nitrogen and oxygen atoms in total. The number of allylic oxidation sites excluding steroid dienone is 2. The van der Waals surface area contributed by atoms with Gasteiger partial charge in [0, 0.05) is 0 Å². The van der Waals surface area contributed by atoms with Crippen LogP contribution in [0.3, 0.4) is 0 Å². The van der Waals surface area contributed by atoms with Crippen LogP contribution < -0.4 is 9.47 Å². The van der Waals surface area contributed by atoms with Gasteiger partial charge in [0.25, 0.3) is 0 Å². The second kappa shape index (κ2) is 6.85. The Balaban J connectivity index is 3.10. The third kappa shape index (κ3) is 3.53. The number of aliphatic carboxylic acids is 1. The first-order valence-electron chi connectivity index (χ1n) is 5.50. The number of carboxylic acids is 1. The predicted octanol–water partition coefficient (Wildman–Crippen LogP) is 1.96. The molecule has 0 bridgehead atoms. The van der Waals surface area contributed by atoms with Crippen LogP contribution >= 0.6 is 0 Å². The maximum absolute atomic E-state index is 10.6. The van der Waals surface area contributed by atoms with E-state index in [1.807, 2.05) is 0 Å². The van der Waals surface area contributed by atoms with E-state index in [0.29, 0.717) is 5.56 Å². The van der Waals surface area contributed by atoms with Crippen molar-refractivity contribution in [2.24, 2.45) is 0 Å².